The fourth-order valence-corrected chi connectivity index (χ4v) is 19.5. The first kappa shape index (κ1) is 80.8. The quantitative estimate of drug-likeness (QED) is 0.0575. The van der Waals surface area contributed by atoms with E-state index in [1.54, 1.807) is 24.3 Å². The van der Waals surface area contributed by atoms with Crippen molar-refractivity contribution >= 4 is 51.7 Å². The molecule has 0 saturated heterocycles. The van der Waals surface area contributed by atoms with Crippen LogP contribution in [0.25, 0.3) is 77.2 Å². The maximum absolute atomic E-state index is 16.4. The third kappa shape index (κ3) is 16.1. The number of hydrogen-bond donors (Lipinski definition) is 2. The standard InChI is InChI=1S/C88H112F2N2O4Si.2CH3.Zr/c1-53(2)97(54(3)4,51-95-77-37-31-61(89)47-67(77)69-43-59(87(23,24)49-81(5,6)7)45-75(79(69)93)91-71-33-27-55(83(11,12)13)39-63(71)64-40-56(84(14,15)16)28-34-72(64)91)52-96-78-38-32-62(90)48-68(78)70-44-60(88(25,26)50-82(8,9)10)46-76(80(70)94)92-73-35-29-57(85(17,18)19)41-65(73)66-42-58(86(20,21)22)30-36-74(66)92;;;/h27-48,53-54,93-94H,49-52H2,1-26H3;2*1H3;/q;2*-1;/p+2. The Bertz CT molecular complexity index is 4220. The van der Waals surface area contributed by atoms with Crippen LogP contribution in [0.5, 0.6) is 23.0 Å². The largest absolute Gasteiger partial charge is 0.585 e. The molecule has 100 heavy (non-hydrogen) atoms. The van der Waals surface area contributed by atoms with Gasteiger partial charge in [0.2, 0.25) is 0 Å². The topological polar surface area (TPSA) is 75.9 Å². The summed E-state index contributed by atoms with van der Waals surface area (Å²) in [5.74, 6) is 0.414. The molecule has 0 atom stereocenters. The fraction of sp³-hybridized carbons (Fsp3) is 0.444. The fourth-order valence-electron chi connectivity index (χ4n) is 15.7. The van der Waals surface area contributed by atoms with E-state index in [4.69, 9.17) is 9.47 Å². The third-order valence-electron chi connectivity index (χ3n) is 21.0. The Morgan fingerprint density at radius 3 is 0.870 bits per heavy atom. The normalized spacial score (nSPS) is 13.2. The average molecular weight is 1450 g/mol. The number of aromatic nitrogens is 2. The van der Waals surface area contributed by atoms with Crippen LogP contribution in [-0.2, 0) is 58.7 Å². The number of aromatic hydroxyl groups is 4. The Labute approximate surface area is 620 Å². The Balaban J connectivity index is 0.00000468. The number of aliphatic hydroxyl groups is 2. The molecule has 0 radical (unpaired) electrons. The second-order valence-electron chi connectivity index (χ2n) is 37.1. The van der Waals surface area contributed by atoms with Crippen LogP contribution in [0.2, 0.25) is 11.1 Å². The van der Waals surface area contributed by atoms with E-state index in [9.17, 15) is 10.2 Å². The van der Waals surface area contributed by atoms with Gasteiger partial charge in [0.15, 0.2) is 12.5 Å². The maximum atomic E-state index is 16.4. The van der Waals surface area contributed by atoms with Gasteiger partial charge >= 0.3 is 0 Å². The van der Waals surface area contributed by atoms with Gasteiger partial charge in [0.25, 0.3) is 19.6 Å². The van der Waals surface area contributed by atoms with E-state index in [0.29, 0.717) is 57.6 Å². The predicted molar refractivity (Wildman–Crippen MR) is 427 cm³/mol. The smallest absolute Gasteiger partial charge is 0.267 e. The molecule has 6 nitrogen and oxygen atoms in total. The first-order valence-electron chi connectivity index (χ1n) is 35.5. The first-order chi connectivity index (χ1) is 44.6. The van der Waals surface area contributed by atoms with Gasteiger partial charge < -0.3 is 43.7 Å². The minimum atomic E-state index is -2.71. The molecule has 10 heteroatoms. The molecule has 8 aromatic carbocycles. The third-order valence-corrected chi connectivity index (χ3v) is 27.1. The zero-order valence-electron chi connectivity index (χ0n) is 66.1. The summed E-state index contributed by atoms with van der Waals surface area (Å²) < 4.78 is 48.4. The number of benzene rings is 8. The van der Waals surface area contributed by atoms with Crippen molar-refractivity contribution in [2.24, 2.45) is 10.8 Å². The summed E-state index contributed by atoms with van der Waals surface area (Å²) in [6.45, 7) is 58.7. The van der Waals surface area contributed by atoms with Crippen molar-refractivity contribution in [1.82, 2.24) is 9.13 Å². The van der Waals surface area contributed by atoms with Gasteiger partial charge in [-0.3, -0.25) is 0 Å². The number of rotatable bonds is 16. The van der Waals surface area contributed by atoms with Crippen molar-refractivity contribution < 1.29 is 54.7 Å². The number of phenolic OH excluding ortho intramolecular Hbond substituents is 2. The summed E-state index contributed by atoms with van der Waals surface area (Å²) in [6.07, 6.45) is 2.57. The van der Waals surface area contributed by atoms with Crippen molar-refractivity contribution in [3.8, 4) is 56.6 Å². The molecule has 0 saturated carbocycles. The van der Waals surface area contributed by atoms with Crippen molar-refractivity contribution in [1.29, 1.82) is 0 Å². The van der Waals surface area contributed by atoms with E-state index >= 15 is 8.78 Å². The molecule has 10 rings (SSSR count). The molecule has 0 spiro atoms. The molecular formula is C90H120F2N2O4SiZr. The molecule has 0 aliphatic heterocycles. The Kier molecular flexibility index (Phi) is 22.9. The monoisotopic (exact) mass is 1450 g/mol. The predicted octanol–water partition coefficient (Wildman–Crippen LogP) is 25.9. The average Bonchev–Trinajstić information content (AvgIpc) is 1.53. The zero-order chi connectivity index (χ0) is 71.6. The summed E-state index contributed by atoms with van der Waals surface area (Å²) in [5.41, 5.74) is 13.2. The molecule has 0 amide bonds. The van der Waals surface area contributed by atoms with Crippen LogP contribution in [0.4, 0.5) is 8.78 Å². The van der Waals surface area contributed by atoms with E-state index in [1.807, 2.05) is 0 Å². The van der Waals surface area contributed by atoms with Gasteiger partial charge in [0.05, 0.1) is 44.6 Å². The van der Waals surface area contributed by atoms with Gasteiger partial charge in [0.1, 0.15) is 23.1 Å². The summed E-state index contributed by atoms with van der Waals surface area (Å²) in [6, 6.07) is 45.0. The second-order valence-corrected chi connectivity index (χ2v) is 42.5. The van der Waals surface area contributed by atoms with Gasteiger partial charge in [-0.2, -0.15) is 0 Å². The molecule has 536 valence electrons. The van der Waals surface area contributed by atoms with Crippen molar-refractivity contribution in [2.45, 2.75) is 236 Å². The Morgan fingerprint density at radius 2 is 0.630 bits per heavy atom. The van der Waals surface area contributed by atoms with E-state index in [2.05, 4.69) is 286 Å². The van der Waals surface area contributed by atoms with Gasteiger partial charge in [-0.1, -0.05) is 204 Å². The molecule has 2 heterocycles. The van der Waals surface area contributed by atoms with Crippen LogP contribution in [0.15, 0.2) is 133 Å². The van der Waals surface area contributed by atoms with Crippen LogP contribution in [-0.4, -0.2) is 49.4 Å². The van der Waals surface area contributed by atoms with Gasteiger partial charge in [-0.15, -0.1) is 0 Å². The Morgan fingerprint density at radius 1 is 0.360 bits per heavy atom. The summed E-state index contributed by atoms with van der Waals surface area (Å²) in [5, 5.41) is 31.1. The van der Waals surface area contributed by atoms with Crippen molar-refractivity contribution in [3.63, 3.8) is 0 Å². The van der Waals surface area contributed by atoms with E-state index in [-0.39, 0.29) is 107 Å². The van der Waals surface area contributed by atoms with Crippen LogP contribution < -0.4 is 0 Å². The van der Waals surface area contributed by atoms with Crippen molar-refractivity contribution in [2.75, 3.05) is 12.5 Å². The SMILES string of the molecule is CC(C)[Si](C[OH+]c1ccc(F)cc1-c1cc(C(C)(C)CC(C)(C)C)cc(-n2c3ccc(C(C)(C)C)cc3c3cc(C(C)(C)C)ccc32)c1O)(C[OH+]c1ccc(F)cc1-c1cc(C(C)(C)CC(C)(C)C)cc(-n2c3ccc(C(C)(C)C)cc3c3cc(C(C)(C)C)ccc32)c1O)C(C)C.[CH3-].[CH3-].[Zr]. The molecule has 4 N–H and O–H groups in total. The summed E-state index contributed by atoms with van der Waals surface area (Å²) >= 11 is 0. The Hall–Kier alpha value is -6.48. The van der Waals surface area contributed by atoms with Crippen molar-refractivity contribution in [3.05, 3.63) is 193 Å². The number of phenols is 2. The van der Waals surface area contributed by atoms with E-state index in [1.165, 1.54) is 34.4 Å². The van der Waals surface area contributed by atoms with Crippen LogP contribution in [0.3, 0.4) is 0 Å². The summed E-state index contributed by atoms with van der Waals surface area (Å²) in [7, 11) is -2.71. The molecule has 10 aromatic rings. The summed E-state index contributed by atoms with van der Waals surface area (Å²) in [4.78, 5) is 0. The molecule has 0 bridgehead atoms. The van der Waals surface area contributed by atoms with Gasteiger partial charge in [-0.25, -0.2) is 8.78 Å². The number of nitrogens with zero attached hydrogens (tertiary/aromatic N) is 2. The zero-order valence-corrected chi connectivity index (χ0v) is 69.6. The molecular weight excluding hydrogens is 1330 g/mol. The maximum Gasteiger partial charge on any atom is 0.267 e. The number of hydrogen-bond acceptors (Lipinski definition) is 2. The van der Waals surface area contributed by atoms with Gasteiger partial charge in [-0.05, 0) is 198 Å². The molecule has 0 aliphatic carbocycles. The number of ether oxygens (including phenoxy) is 2. The van der Waals surface area contributed by atoms with E-state index < -0.39 is 19.7 Å². The minimum absolute atomic E-state index is 0. The first-order valence-corrected chi connectivity index (χ1v) is 38.1. The number of fused-ring (bicyclic) bond motifs is 6. The van der Waals surface area contributed by atoms with Crippen LogP contribution >= 0.6 is 0 Å². The molecule has 2 aromatic heterocycles. The second kappa shape index (κ2) is 28.3. The molecule has 0 aliphatic rings. The van der Waals surface area contributed by atoms with Crippen LogP contribution in [0, 0.1) is 37.3 Å². The minimum Gasteiger partial charge on any atom is -0.585 e. The van der Waals surface area contributed by atoms with Crippen LogP contribution in [0.1, 0.15) is 226 Å². The number of halogens is 2. The van der Waals surface area contributed by atoms with E-state index in [0.717, 1.165) is 67.6 Å². The molecule has 0 fully saturated rings. The van der Waals surface area contributed by atoms with Gasteiger partial charge in [0, 0.05) is 71.0 Å². The molecule has 0 unspecified atom stereocenters.